The predicted octanol–water partition coefficient (Wildman–Crippen LogP) is 2.89. The van der Waals surface area contributed by atoms with Crippen LogP contribution in [0, 0.1) is 5.82 Å². The van der Waals surface area contributed by atoms with Crippen molar-refractivity contribution >= 4 is 11.8 Å². The molecule has 3 heterocycles. The van der Waals surface area contributed by atoms with Crippen molar-refractivity contribution in [3.8, 4) is 11.4 Å². The number of fused-ring (bicyclic) bond motifs is 1. The summed E-state index contributed by atoms with van der Waals surface area (Å²) in [5, 5.41) is 0. The van der Waals surface area contributed by atoms with Gasteiger partial charge in [0.25, 0.3) is 0 Å². The molecular weight excluding hydrogens is 396 g/mol. The number of halogens is 6. The molecule has 1 amide bonds. The number of cyclic esters (lactones) is 1. The molecule has 0 atom stereocenters. The van der Waals surface area contributed by atoms with Gasteiger partial charge in [-0.2, -0.15) is 26.3 Å². The lowest BCUT2D eigenvalue weighted by molar-refractivity contribution is -0.877. The predicted molar refractivity (Wildman–Crippen MR) is 80.9 cm³/mol. The van der Waals surface area contributed by atoms with E-state index in [1.54, 1.807) is 0 Å². The van der Waals surface area contributed by atoms with Gasteiger partial charge in [0.05, 0.1) is 11.9 Å². The van der Waals surface area contributed by atoms with Crippen molar-refractivity contribution in [1.82, 2.24) is 4.98 Å². The summed E-state index contributed by atoms with van der Waals surface area (Å²) in [6.45, 7) is -2.37. The van der Waals surface area contributed by atoms with Crippen molar-refractivity contribution in [3.63, 3.8) is 0 Å². The molecule has 0 fully saturated rings. The van der Waals surface area contributed by atoms with E-state index in [0.717, 1.165) is 17.0 Å². The van der Waals surface area contributed by atoms with E-state index in [4.69, 9.17) is 4.84 Å². The third-order valence-electron chi connectivity index (χ3n) is 3.95. The highest BCUT2D eigenvalue weighted by Gasteiger charge is 2.59. The van der Waals surface area contributed by atoms with Crippen LogP contribution in [0.25, 0.3) is 11.4 Å². The lowest BCUT2D eigenvalue weighted by Gasteiger charge is -2.32. The number of ether oxygens (including phenoxy) is 1. The summed E-state index contributed by atoms with van der Waals surface area (Å²) in [6, 6.07) is 3.71. The second-order valence-corrected chi connectivity index (χ2v) is 5.75. The molecule has 0 radical (unpaired) electrons. The second-order valence-electron chi connectivity index (χ2n) is 5.75. The summed E-state index contributed by atoms with van der Waals surface area (Å²) in [4.78, 5) is 20.8. The minimum atomic E-state index is -5.85. The molecule has 0 unspecified atom stereocenters. The molecule has 1 aliphatic rings. The van der Waals surface area contributed by atoms with Crippen LogP contribution in [-0.2, 0) is 11.3 Å². The maximum Gasteiger partial charge on any atom is 0.455 e. The van der Waals surface area contributed by atoms with Crippen LogP contribution in [0.3, 0.4) is 0 Å². The largest absolute Gasteiger partial charge is 0.455 e. The fraction of sp³-hybridized carbons (Fsp3) is 0.312. The first-order chi connectivity index (χ1) is 13.0. The van der Waals surface area contributed by atoms with Gasteiger partial charge in [0.15, 0.2) is 0 Å². The Morgan fingerprint density at radius 2 is 2.04 bits per heavy atom. The van der Waals surface area contributed by atoms with Crippen molar-refractivity contribution in [2.24, 2.45) is 0 Å². The molecule has 0 aliphatic carbocycles. The maximum atomic E-state index is 14.2. The summed E-state index contributed by atoms with van der Waals surface area (Å²) in [5.74, 6) is -5.88. The molecule has 3 rings (SSSR count). The van der Waals surface area contributed by atoms with Crippen LogP contribution >= 0.6 is 0 Å². The zero-order chi connectivity index (χ0) is 20.7. The molecule has 150 valence electrons. The van der Waals surface area contributed by atoms with Crippen LogP contribution in [-0.4, -0.2) is 36.8 Å². The normalized spacial score (nSPS) is 14.5. The highest BCUT2D eigenvalue weighted by atomic mass is 19.4. The van der Waals surface area contributed by atoms with E-state index in [0.29, 0.717) is 0 Å². The third kappa shape index (κ3) is 3.41. The van der Waals surface area contributed by atoms with Gasteiger partial charge < -0.3 is 4.74 Å². The first kappa shape index (κ1) is 19.7. The molecule has 0 saturated carbocycles. The Morgan fingerprint density at radius 1 is 1.32 bits per heavy atom. The van der Waals surface area contributed by atoms with Crippen LogP contribution in [0.1, 0.15) is 5.56 Å². The molecule has 12 heteroatoms. The number of carbonyl (C=O) groups is 1. The van der Waals surface area contributed by atoms with Crippen LogP contribution in [0.2, 0.25) is 0 Å². The van der Waals surface area contributed by atoms with Crippen LogP contribution in [0.5, 0.6) is 0 Å². The monoisotopic (exact) mass is 408 g/mol. The molecule has 6 nitrogen and oxygen atoms in total. The van der Waals surface area contributed by atoms with Gasteiger partial charge in [0, 0.05) is 16.4 Å². The Bertz CT molecular complexity index is 919. The van der Waals surface area contributed by atoms with Gasteiger partial charge in [0.1, 0.15) is 26.0 Å². The molecule has 0 N–H and O–H groups in total. The third-order valence-corrected chi connectivity index (χ3v) is 3.95. The molecule has 0 saturated heterocycles. The fourth-order valence-corrected chi connectivity index (χ4v) is 2.58. The smallest absolute Gasteiger partial charge is 0.444 e. The van der Waals surface area contributed by atoms with Crippen molar-refractivity contribution < 1.29 is 45.4 Å². The van der Waals surface area contributed by atoms with E-state index in [-0.39, 0.29) is 27.5 Å². The Kier molecular flexibility index (Phi) is 4.81. The standard InChI is InChI=1S/C16H12F6N3O3/c1-27-25-4-2-3-10(17)13(25)11-5-9-7-28-14(26)24(12(9)6-23-11)8-15(18,19)16(20,21)22/h2-6H,7-8H2,1H3/q+1. The number of aromatic nitrogens is 2. The average molecular weight is 408 g/mol. The Morgan fingerprint density at radius 3 is 2.68 bits per heavy atom. The quantitative estimate of drug-likeness (QED) is 0.577. The molecular formula is C16H12F6N3O3+. The van der Waals surface area contributed by atoms with E-state index in [1.165, 1.54) is 25.4 Å². The number of carbonyl (C=O) groups excluding carboxylic acids is 1. The maximum absolute atomic E-state index is 14.2. The van der Waals surface area contributed by atoms with E-state index in [9.17, 15) is 31.1 Å². The zero-order valence-electron chi connectivity index (χ0n) is 14.1. The number of amides is 1. The Labute approximate surface area is 153 Å². The zero-order valence-corrected chi connectivity index (χ0v) is 14.1. The minimum Gasteiger partial charge on any atom is -0.444 e. The average Bonchev–Trinajstić information content (AvgIpc) is 2.62. The van der Waals surface area contributed by atoms with Crippen LogP contribution in [0.15, 0.2) is 30.6 Å². The van der Waals surface area contributed by atoms with Crippen LogP contribution < -0.4 is 14.5 Å². The summed E-state index contributed by atoms with van der Waals surface area (Å²) in [5.41, 5.74) is -0.325. The van der Waals surface area contributed by atoms with Gasteiger partial charge in [-0.15, -0.1) is 0 Å². The highest BCUT2D eigenvalue weighted by molar-refractivity contribution is 5.90. The summed E-state index contributed by atoms with van der Waals surface area (Å²) >= 11 is 0. The topological polar surface area (TPSA) is 55.5 Å². The van der Waals surface area contributed by atoms with Gasteiger partial charge in [-0.05, 0) is 12.1 Å². The van der Waals surface area contributed by atoms with Gasteiger partial charge >= 0.3 is 23.9 Å². The molecule has 0 aromatic carbocycles. The highest BCUT2D eigenvalue weighted by Crippen LogP contribution is 2.39. The number of rotatable bonds is 4. The molecule has 0 spiro atoms. The lowest BCUT2D eigenvalue weighted by Crippen LogP contribution is -2.50. The lowest BCUT2D eigenvalue weighted by atomic mass is 10.1. The summed E-state index contributed by atoms with van der Waals surface area (Å²) in [6.07, 6.45) is -4.93. The summed E-state index contributed by atoms with van der Waals surface area (Å²) in [7, 11) is 1.27. The van der Waals surface area contributed by atoms with Crippen molar-refractivity contribution in [1.29, 1.82) is 0 Å². The number of pyridine rings is 2. The van der Waals surface area contributed by atoms with E-state index >= 15 is 0 Å². The number of anilines is 1. The van der Waals surface area contributed by atoms with Crippen LogP contribution in [0.4, 0.5) is 36.8 Å². The fourth-order valence-electron chi connectivity index (χ4n) is 2.58. The Balaban J connectivity index is 2.03. The van der Waals surface area contributed by atoms with Crippen molar-refractivity contribution in [2.75, 3.05) is 18.6 Å². The van der Waals surface area contributed by atoms with E-state index < -0.39 is 37.2 Å². The van der Waals surface area contributed by atoms with Crippen molar-refractivity contribution in [3.05, 3.63) is 42.0 Å². The number of nitrogens with zero attached hydrogens (tertiary/aromatic N) is 3. The van der Waals surface area contributed by atoms with Gasteiger partial charge in [-0.25, -0.2) is 9.78 Å². The number of hydrogen-bond donors (Lipinski definition) is 0. The summed E-state index contributed by atoms with van der Waals surface area (Å²) < 4.78 is 84.3. The van der Waals surface area contributed by atoms with Gasteiger partial charge in [-0.3, -0.25) is 9.74 Å². The SMILES string of the molecule is CO[n+]1cccc(F)c1-c1cc2c(cn1)N(CC(F)(F)C(F)(F)F)C(=O)OC2. The first-order valence-corrected chi connectivity index (χ1v) is 7.68. The Hall–Kier alpha value is -3.05. The molecule has 1 aliphatic heterocycles. The number of alkyl halides is 5. The van der Waals surface area contributed by atoms with Gasteiger partial charge in [-0.1, -0.05) is 0 Å². The van der Waals surface area contributed by atoms with Crippen molar-refractivity contribution in [2.45, 2.75) is 18.7 Å². The minimum absolute atomic E-state index is 0.000759. The van der Waals surface area contributed by atoms with E-state index in [2.05, 4.69) is 9.72 Å². The molecule has 2 aromatic rings. The van der Waals surface area contributed by atoms with E-state index in [1.807, 2.05) is 0 Å². The molecule has 28 heavy (non-hydrogen) atoms. The molecule has 2 aromatic heterocycles. The second kappa shape index (κ2) is 6.84. The number of hydrogen-bond acceptors (Lipinski definition) is 4. The molecule has 0 bridgehead atoms. The first-order valence-electron chi connectivity index (χ1n) is 7.68. The van der Waals surface area contributed by atoms with Gasteiger partial charge in [0.2, 0.25) is 12.0 Å².